The van der Waals surface area contributed by atoms with Gasteiger partial charge in [0.2, 0.25) is 0 Å². The maximum Gasteiger partial charge on any atom is 0.331 e. The number of rotatable bonds is 10. The Bertz CT molecular complexity index is 1130. The zero-order valence-corrected chi connectivity index (χ0v) is 19.6. The number of hydrogen-bond acceptors (Lipinski definition) is 7. The number of nitrogens with one attached hydrogen (secondary N) is 1. The Hall–Kier alpha value is -3.37. The lowest BCUT2D eigenvalue weighted by atomic mass is 10.3. The van der Waals surface area contributed by atoms with Crippen LogP contribution in [0.2, 0.25) is 5.02 Å². The summed E-state index contributed by atoms with van der Waals surface area (Å²) in [6.07, 6.45) is 1.70. The number of carbonyl (C=O) groups is 3. The minimum Gasteiger partial charge on any atom is -0.463 e. The molecule has 0 unspecified atom stereocenters. The van der Waals surface area contributed by atoms with Gasteiger partial charge >= 0.3 is 11.9 Å². The average molecular weight is 495 g/mol. The van der Waals surface area contributed by atoms with Crippen molar-refractivity contribution in [3.05, 3.63) is 65.7 Å². The fraction of sp³-hybridized carbons (Fsp3) is 0.227. The van der Waals surface area contributed by atoms with Crippen molar-refractivity contribution in [2.45, 2.75) is 18.7 Å². The third kappa shape index (κ3) is 7.33. The first kappa shape index (κ1) is 25.9. The molecule has 11 heteroatoms. The quantitative estimate of drug-likeness (QED) is 0.398. The normalized spacial score (nSPS) is 11.1. The molecule has 33 heavy (non-hydrogen) atoms. The number of anilines is 2. The van der Waals surface area contributed by atoms with E-state index < -0.39 is 34.5 Å². The highest BCUT2D eigenvalue weighted by atomic mass is 35.5. The molecule has 0 aliphatic rings. The van der Waals surface area contributed by atoms with E-state index in [0.29, 0.717) is 5.69 Å². The highest BCUT2D eigenvalue weighted by Gasteiger charge is 2.24. The maximum absolute atomic E-state index is 13.2. The van der Waals surface area contributed by atoms with Gasteiger partial charge in [-0.15, -0.1) is 0 Å². The number of benzene rings is 2. The topological polar surface area (TPSA) is 119 Å². The molecule has 0 heterocycles. The van der Waals surface area contributed by atoms with Crippen LogP contribution in [0, 0.1) is 0 Å². The highest BCUT2D eigenvalue weighted by Crippen LogP contribution is 2.29. The van der Waals surface area contributed by atoms with Crippen LogP contribution in [0.4, 0.5) is 11.4 Å². The molecular weight excluding hydrogens is 472 g/mol. The Morgan fingerprint density at radius 1 is 1.00 bits per heavy atom. The summed E-state index contributed by atoms with van der Waals surface area (Å²) in [6.45, 7) is 2.98. The molecule has 0 saturated carbocycles. The molecule has 0 fully saturated rings. The van der Waals surface area contributed by atoms with Gasteiger partial charge in [0.15, 0.2) is 6.61 Å². The van der Waals surface area contributed by atoms with Crippen LogP contribution in [-0.2, 0) is 33.9 Å². The smallest absolute Gasteiger partial charge is 0.331 e. The molecular formula is C22H23ClN2O7S. The van der Waals surface area contributed by atoms with Crippen molar-refractivity contribution in [1.29, 1.82) is 0 Å². The molecule has 0 saturated heterocycles. The lowest BCUT2D eigenvalue weighted by Crippen LogP contribution is -2.30. The number of sulfonamides is 1. The van der Waals surface area contributed by atoms with Crippen molar-refractivity contribution in [1.82, 2.24) is 0 Å². The van der Waals surface area contributed by atoms with Crippen LogP contribution < -0.4 is 9.62 Å². The molecule has 1 amide bonds. The summed E-state index contributed by atoms with van der Waals surface area (Å²) in [5, 5.41) is 2.51. The molecule has 0 spiro atoms. The largest absolute Gasteiger partial charge is 0.463 e. The molecule has 0 aromatic heterocycles. The molecule has 0 bridgehead atoms. The number of esters is 2. The van der Waals surface area contributed by atoms with E-state index in [1.807, 2.05) is 0 Å². The van der Waals surface area contributed by atoms with E-state index in [0.717, 1.165) is 12.2 Å². The predicted octanol–water partition coefficient (Wildman–Crippen LogP) is 3.16. The van der Waals surface area contributed by atoms with E-state index in [4.69, 9.17) is 16.3 Å². The zero-order valence-electron chi connectivity index (χ0n) is 18.0. The van der Waals surface area contributed by atoms with Gasteiger partial charge in [0.1, 0.15) is 0 Å². The molecule has 0 atom stereocenters. The third-order valence-electron chi connectivity index (χ3n) is 4.12. The lowest BCUT2D eigenvalue weighted by molar-refractivity contribution is -0.143. The first-order chi connectivity index (χ1) is 15.7. The summed E-state index contributed by atoms with van der Waals surface area (Å²) in [5.41, 5.74) is 0.522. The zero-order chi connectivity index (χ0) is 24.4. The van der Waals surface area contributed by atoms with Gasteiger partial charge in [0, 0.05) is 18.7 Å². The second-order valence-corrected chi connectivity index (χ2v) is 8.66. The van der Waals surface area contributed by atoms with Gasteiger partial charge in [-0.25, -0.2) is 18.0 Å². The van der Waals surface area contributed by atoms with Crippen LogP contribution in [0.3, 0.4) is 0 Å². The number of halogens is 1. The maximum atomic E-state index is 13.2. The fourth-order valence-electron chi connectivity index (χ4n) is 2.67. The first-order valence-corrected chi connectivity index (χ1v) is 11.7. The fourth-order valence-corrected chi connectivity index (χ4v) is 4.34. The Kier molecular flexibility index (Phi) is 9.43. The summed E-state index contributed by atoms with van der Waals surface area (Å²) < 4.78 is 36.9. The van der Waals surface area contributed by atoms with E-state index in [2.05, 4.69) is 10.1 Å². The number of hydrogen-bond donors (Lipinski definition) is 1. The van der Waals surface area contributed by atoms with Crippen LogP contribution in [0.25, 0.3) is 0 Å². The first-order valence-electron chi connectivity index (χ1n) is 9.87. The van der Waals surface area contributed by atoms with Gasteiger partial charge in [-0.3, -0.25) is 9.10 Å². The minimum absolute atomic E-state index is 0.0324. The second kappa shape index (κ2) is 12.0. The summed E-state index contributed by atoms with van der Waals surface area (Å²) >= 11 is 6.10. The molecule has 9 nitrogen and oxygen atoms in total. The molecule has 1 N–H and O–H groups in total. The van der Waals surface area contributed by atoms with Crippen LogP contribution in [0.15, 0.2) is 65.6 Å². The second-order valence-electron chi connectivity index (χ2n) is 6.39. The summed E-state index contributed by atoms with van der Waals surface area (Å²) in [7, 11) is -3.94. The number of nitrogens with zero attached hydrogens (tertiary/aromatic N) is 1. The van der Waals surface area contributed by atoms with Crippen LogP contribution in [0.5, 0.6) is 0 Å². The van der Waals surface area contributed by atoms with Crippen molar-refractivity contribution in [3.8, 4) is 0 Å². The molecule has 0 aliphatic carbocycles. The molecule has 0 radical (unpaired) electrons. The van der Waals surface area contributed by atoms with Gasteiger partial charge in [0.05, 0.1) is 27.9 Å². The van der Waals surface area contributed by atoms with Crippen molar-refractivity contribution < 1.29 is 32.3 Å². The lowest BCUT2D eigenvalue weighted by Gasteiger charge is -2.23. The van der Waals surface area contributed by atoms with Crippen molar-refractivity contribution in [2.75, 3.05) is 29.4 Å². The summed E-state index contributed by atoms with van der Waals surface area (Å²) in [6, 6.07) is 12.5. The standard InChI is InChI=1S/C22H23ClN2O7S/c1-3-25(16-8-6-5-7-9-16)33(29,30)17-10-11-18(23)19(14-17)24-20(26)15-32-22(28)13-12-21(27)31-4-2/h5-14H,3-4,15H2,1-2H3,(H,24,26)/b13-12+. The monoisotopic (exact) mass is 494 g/mol. The van der Waals surface area contributed by atoms with Crippen molar-refractivity contribution in [3.63, 3.8) is 0 Å². The van der Waals surface area contributed by atoms with Crippen LogP contribution >= 0.6 is 11.6 Å². The summed E-state index contributed by atoms with van der Waals surface area (Å²) in [5.74, 6) is -2.40. The van der Waals surface area contributed by atoms with Gasteiger partial charge < -0.3 is 14.8 Å². The molecule has 2 aromatic carbocycles. The van der Waals surface area contributed by atoms with E-state index in [-0.39, 0.29) is 28.8 Å². The third-order valence-corrected chi connectivity index (χ3v) is 6.35. The van der Waals surface area contributed by atoms with Gasteiger partial charge in [-0.2, -0.15) is 0 Å². The van der Waals surface area contributed by atoms with Crippen LogP contribution in [-0.4, -0.2) is 46.0 Å². The molecule has 2 rings (SSSR count). The summed E-state index contributed by atoms with van der Waals surface area (Å²) in [4.78, 5) is 34.8. The number of carbonyl (C=O) groups excluding carboxylic acids is 3. The number of ether oxygens (including phenoxy) is 2. The van der Waals surface area contributed by atoms with E-state index in [1.54, 1.807) is 44.2 Å². The number of para-hydroxylation sites is 1. The average Bonchev–Trinajstić information content (AvgIpc) is 2.79. The predicted molar refractivity (Wildman–Crippen MR) is 123 cm³/mol. The van der Waals surface area contributed by atoms with Gasteiger partial charge in [-0.1, -0.05) is 29.8 Å². The molecule has 176 valence electrons. The Balaban J connectivity index is 2.11. The number of amides is 1. The van der Waals surface area contributed by atoms with Crippen LogP contribution in [0.1, 0.15) is 13.8 Å². The Morgan fingerprint density at radius 3 is 2.24 bits per heavy atom. The van der Waals surface area contributed by atoms with Gasteiger partial charge in [0.25, 0.3) is 15.9 Å². The van der Waals surface area contributed by atoms with Crippen molar-refractivity contribution >= 4 is 50.8 Å². The van der Waals surface area contributed by atoms with Crippen molar-refractivity contribution in [2.24, 2.45) is 0 Å². The van der Waals surface area contributed by atoms with E-state index in [9.17, 15) is 22.8 Å². The Labute approximate surface area is 197 Å². The SMILES string of the molecule is CCOC(=O)/C=C/C(=O)OCC(=O)Nc1cc(S(=O)(=O)N(CC)c2ccccc2)ccc1Cl. The Morgan fingerprint density at radius 2 is 1.64 bits per heavy atom. The van der Waals surface area contributed by atoms with E-state index in [1.165, 1.54) is 22.5 Å². The van der Waals surface area contributed by atoms with Gasteiger partial charge in [-0.05, 0) is 44.2 Å². The minimum atomic E-state index is -3.94. The highest BCUT2D eigenvalue weighted by molar-refractivity contribution is 7.92. The van der Waals surface area contributed by atoms with E-state index >= 15 is 0 Å². The molecule has 2 aromatic rings. The molecule has 0 aliphatic heterocycles.